The third-order valence-electron chi connectivity index (χ3n) is 4.37. The minimum Gasteiger partial charge on any atom is -0.494 e. The number of ether oxygens (including phenoxy) is 2. The van der Waals surface area contributed by atoms with E-state index in [2.05, 4.69) is 34.5 Å². The maximum Gasteiger partial charge on any atom is 0.343 e. The molecule has 3 aromatic rings. The van der Waals surface area contributed by atoms with E-state index in [1.54, 1.807) is 42.6 Å². The average Bonchev–Trinajstić information content (AvgIpc) is 2.77. The van der Waals surface area contributed by atoms with E-state index >= 15 is 0 Å². The van der Waals surface area contributed by atoms with Crippen LogP contribution in [0.15, 0.2) is 77.8 Å². The van der Waals surface area contributed by atoms with Gasteiger partial charge >= 0.3 is 5.97 Å². The molecule has 0 unspecified atom stereocenters. The van der Waals surface area contributed by atoms with Crippen LogP contribution in [0, 0.1) is 3.57 Å². The van der Waals surface area contributed by atoms with Crippen LogP contribution in [0.1, 0.15) is 42.1 Å². The SMILES string of the molecule is CCCCCOc1ccc(C(=O)Oc2ccc(C=Nc3cccc(I)c3)cc2)cc1. The van der Waals surface area contributed by atoms with Gasteiger partial charge in [-0.3, -0.25) is 4.99 Å². The van der Waals surface area contributed by atoms with Gasteiger partial charge in [-0.05, 0) is 101 Å². The molecule has 0 atom stereocenters. The van der Waals surface area contributed by atoms with Gasteiger partial charge in [0.2, 0.25) is 0 Å². The number of rotatable bonds is 9. The van der Waals surface area contributed by atoms with Gasteiger partial charge in [0.25, 0.3) is 0 Å². The zero-order chi connectivity index (χ0) is 21.2. The molecule has 30 heavy (non-hydrogen) atoms. The fourth-order valence-corrected chi connectivity index (χ4v) is 3.25. The molecule has 0 bridgehead atoms. The molecule has 0 aliphatic heterocycles. The number of carbonyl (C=O) groups is 1. The molecule has 0 spiro atoms. The summed E-state index contributed by atoms with van der Waals surface area (Å²) in [7, 11) is 0. The fourth-order valence-electron chi connectivity index (χ4n) is 2.72. The molecular formula is C25H24INO3. The normalized spacial score (nSPS) is 10.9. The van der Waals surface area contributed by atoms with Crippen molar-refractivity contribution in [2.45, 2.75) is 26.2 Å². The number of benzene rings is 3. The highest BCUT2D eigenvalue weighted by atomic mass is 127. The number of hydrogen-bond acceptors (Lipinski definition) is 4. The Morgan fingerprint density at radius 2 is 1.70 bits per heavy atom. The van der Waals surface area contributed by atoms with Crippen LogP contribution < -0.4 is 9.47 Å². The molecule has 0 aromatic heterocycles. The van der Waals surface area contributed by atoms with E-state index in [4.69, 9.17) is 9.47 Å². The summed E-state index contributed by atoms with van der Waals surface area (Å²) in [4.78, 5) is 16.8. The van der Waals surface area contributed by atoms with Gasteiger partial charge in [0, 0.05) is 9.78 Å². The van der Waals surface area contributed by atoms with Gasteiger partial charge in [-0.2, -0.15) is 0 Å². The second-order valence-corrected chi connectivity index (χ2v) is 8.02. The monoisotopic (exact) mass is 513 g/mol. The van der Waals surface area contributed by atoms with E-state index in [9.17, 15) is 4.79 Å². The summed E-state index contributed by atoms with van der Waals surface area (Å²) in [6, 6.07) is 22.3. The number of unbranched alkanes of at least 4 members (excludes halogenated alkanes) is 2. The Kier molecular flexibility index (Phi) is 8.44. The maximum atomic E-state index is 12.4. The van der Waals surface area contributed by atoms with Crippen molar-refractivity contribution in [3.8, 4) is 11.5 Å². The third-order valence-corrected chi connectivity index (χ3v) is 5.04. The van der Waals surface area contributed by atoms with Crippen molar-refractivity contribution >= 4 is 40.5 Å². The largest absolute Gasteiger partial charge is 0.494 e. The summed E-state index contributed by atoms with van der Waals surface area (Å²) in [5, 5.41) is 0. The van der Waals surface area contributed by atoms with Gasteiger partial charge in [-0.1, -0.05) is 25.8 Å². The second kappa shape index (κ2) is 11.5. The summed E-state index contributed by atoms with van der Waals surface area (Å²) < 4.78 is 12.3. The van der Waals surface area contributed by atoms with Crippen LogP contribution in [0.4, 0.5) is 5.69 Å². The lowest BCUT2D eigenvalue weighted by Gasteiger charge is -2.07. The standard InChI is InChI=1S/C25H24INO3/c1-2-3-4-16-29-23-14-10-20(11-15-23)25(28)30-24-12-8-19(9-13-24)18-27-22-7-5-6-21(26)17-22/h5-15,17-18H,2-4,16H2,1H3. The van der Waals surface area contributed by atoms with Crippen molar-refractivity contribution in [3.05, 3.63) is 87.5 Å². The first kappa shape index (κ1) is 22.0. The van der Waals surface area contributed by atoms with Crippen LogP contribution in [0.25, 0.3) is 0 Å². The van der Waals surface area contributed by atoms with E-state index in [-0.39, 0.29) is 0 Å². The molecule has 5 heteroatoms. The van der Waals surface area contributed by atoms with E-state index in [1.807, 2.05) is 36.4 Å². The molecular weight excluding hydrogens is 489 g/mol. The zero-order valence-electron chi connectivity index (χ0n) is 16.9. The number of carbonyl (C=O) groups excluding carboxylic acids is 1. The predicted molar refractivity (Wildman–Crippen MR) is 129 cm³/mol. The fraction of sp³-hybridized carbons (Fsp3) is 0.200. The Morgan fingerprint density at radius 3 is 2.40 bits per heavy atom. The van der Waals surface area contributed by atoms with Crippen LogP contribution in [0.3, 0.4) is 0 Å². The quantitative estimate of drug-likeness (QED) is 0.104. The van der Waals surface area contributed by atoms with Crippen LogP contribution in [0.5, 0.6) is 11.5 Å². The molecule has 3 aromatic carbocycles. The maximum absolute atomic E-state index is 12.4. The molecule has 0 fully saturated rings. The minimum atomic E-state index is -0.396. The summed E-state index contributed by atoms with van der Waals surface area (Å²) in [6.07, 6.45) is 5.14. The lowest BCUT2D eigenvalue weighted by molar-refractivity contribution is 0.0734. The van der Waals surface area contributed by atoms with Crippen molar-refractivity contribution in [2.75, 3.05) is 6.61 Å². The molecule has 0 aliphatic rings. The molecule has 0 saturated carbocycles. The van der Waals surface area contributed by atoms with Crippen molar-refractivity contribution in [1.82, 2.24) is 0 Å². The molecule has 0 N–H and O–H groups in total. The van der Waals surface area contributed by atoms with Gasteiger partial charge in [0.15, 0.2) is 0 Å². The first-order chi connectivity index (χ1) is 14.6. The third kappa shape index (κ3) is 6.99. The van der Waals surface area contributed by atoms with Crippen LogP contribution in [-0.4, -0.2) is 18.8 Å². The highest BCUT2D eigenvalue weighted by molar-refractivity contribution is 14.1. The van der Waals surface area contributed by atoms with Crippen LogP contribution >= 0.6 is 22.6 Å². The lowest BCUT2D eigenvalue weighted by atomic mass is 10.2. The summed E-state index contributed by atoms with van der Waals surface area (Å²) in [5.74, 6) is 0.860. The Hall–Kier alpha value is -2.67. The molecule has 0 amide bonds. The topological polar surface area (TPSA) is 47.9 Å². The first-order valence-electron chi connectivity index (χ1n) is 9.99. The number of aliphatic imine (C=N–C) groups is 1. The number of nitrogens with zero attached hydrogens (tertiary/aromatic N) is 1. The van der Waals surface area contributed by atoms with Crippen molar-refractivity contribution < 1.29 is 14.3 Å². The smallest absolute Gasteiger partial charge is 0.343 e. The van der Waals surface area contributed by atoms with Crippen LogP contribution in [0.2, 0.25) is 0 Å². The van der Waals surface area contributed by atoms with Crippen molar-refractivity contribution in [2.24, 2.45) is 4.99 Å². The van der Waals surface area contributed by atoms with Gasteiger partial charge in [0.1, 0.15) is 11.5 Å². The molecule has 0 radical (unpaired) electrons. The zero-order valence-corrected chi connectivity index (χ0v) is 19.0. The van der Waals surface area contributed by atoms with Gasteiger partial charge in [-0.15, -0.1) is 0 Å². The van der Waals surface area contributed by atoms with Gasteiger partial charge in [-0.25, -0.2) is 4.79 Å². The second-order valence-electron chi connectivity index (χ2n) is 6.78. The van der Waals surface area contributed by atoms with E-state index in [0.29, 0.717) is 17.9 Å². The van der Waals surface area contributed by atoms with Crippen LogP contribution in [-0.2, 0) is 0 Å². The molecule has 3 rings (SSSR count). The van der Waals surface area contributed by atoms with Gasteiger partial charge < -0.3 is 9.47 Å². The molecule has 0 heterocycles. The number of hydrogen-bond donors (Lipinski definition) is 0. The number of esters is 1. The summed E-state index contributed by atoms with van der Waals surface area (Å²) in [5.41, 5.74) is 2.31. The predicted octanol–water partition coefficient (Wildman–Crippen LogP) is 6.83. The molecule has 0 aliphatic carbocycles. The Labute approximate surface area is 191 Å². The lowest BCUT2D eigenvalue weighted by Crippen LogP contribution is -2.08. The highest BCUT2D eigenvalue weighted by Gasteiger charge is 2.09. The number of halogens is 1. The van der Waals surface area contributed by atoms with Crippen molar-refractivity contribution in [1.29, 1.82) is 0 Å². The summed E-state index contributed by atoms with van der Waals surface area (Å²) in [6.45, 7) is 2.85. The molecule has 4 nitrogen and oxygen atoms in total. The Morgan fingerprint density at radius 1 is 0.967 bits per heavy atom. The van der Waals surface area contributed by atoms with E-state index in [1.165, 1.54) is 0 Å². The van der Waals surface area contributed by atoms with E-state index < -0.39 is 5.97 Å². The molecule has 0 saturated heterocycles. The first-order valence-corrected chi connectivity index (χ1v) is 11.1. The molecule has 154 valence electrons. The Bertz CT molecular complexity index is 982. The minimum absolute atomic E-state index is 0.396. The van der Waals surface area contributed by atoms with E-state index in [0.717, 1.165) is 39.8 Å². The van der Waals surface area contributed by atoms with Crippen molar-refractivity contribution in [3.63, 3.8) is 0 Å². The van der Waals surface area contributed by atoms with Gasteiger partial charge in [0.05, 0.1) is 17.9 Å². The average molecular weight is 513 g/mol. The summed E-state index contributed by atoms with van der Waals surface area (Å²) >= 11 is 2.26. The Balaban J connectivity index is 1.54. The highest BCUT2D eigenvalue weighted by Crippen LogP contribution is 2.18.